The smallest absolute Gasteiger partial charge is 0.256 e. The normalized spacial score (nSPS) is 10.3. The van der Waals surface area contributed by atoms with Crippen molar-refractivity contribution in [2.45, 2.75) is 20.4 Å². The van der Waals surface area contributed by atoms with E-state index in [1.54, 1.807) is 32.0 Å². The highest BCUT2D eigenvalue weighted by Gasteiger charge is 2.10. The number of carbonyl (C=O) groups is 1. The Bertz CT molecular complexity index is 761. The first-order chi connectivity index (χ1) is 10.9. The summed E-state index contributed by atoms with van der Waals surface area (Å²) in [6.07, 6.45) is 1.37. The number of hydrogen-bond donors (Lipinski definition) is 1. The van der Waals surface area contributed by atoms with Gasteiger partial charge in [0.05, 0.1) is 20.5 Å². The Balaban J connectivity index is 2.17. The minimum Gasteiger partial charge on any atom is -0.497 e. The van der Waals surface area contributed by atoms with E-state index in [0.29, 0.717) is 28.4 Å². The van der Waals surface area contributed by atoms with Crippen molar-refractivity contribution in [1.82, 2.24) is 9.55 Å². The van der Waals surface area contributed by atoms with Gasteiger partial charge in [-0.05, 0) is 13.8 Å². The number of ether oxygens (including phenoxy) is 2. The van der Waals surface area contributed by atoms with Gasteiger partial charge in [0.2, 0.25) is 5.91 Å². The van der Waals surface area contributed by atoms with Crippen LogP contribution in [-0.2, 0) is 11.3 Å². The fourth-order valence-electron chi connectivity index (χ4n) is 2.02. The molecular formula is C16H19N3O4. The molecule has 122 valence electrons. The van der Waals surface area contributed by atoms with Gasteiger partial charge < -0.3 is 14.8 Å². The average Bonchev–Trinajstić information content (AvgIpc) is 2.55. The molecule has 7 nitrogen and oxygen atoms in total. The molecule has 2 aromatic rings. The lowest BCUT2D eigenvalue weighted by molar-refractivity contribution is -0.116. The molecule has 0 aliphatic carbocycles. The van der Waals surface area contributed by atoms with Crippen molar-refractivity contribution in [2.75, 3.05) is 19.5 Å². The summed E-state index contributed by atoms with van der Waals surface area (Å²) in [5.41, 5.74) is 1.49. The van der Waals surface area contributed by atoms with Crippen LogP contribution in [0.25, 0.3) is 0 Å². The highest BCUT2D eigenvalue weighted by Crippen LogP contribution is 2.25. The molecule has 23 heavy (non-hydrogen) atoms. The van der Waals surface area contributed by atoms with Crippen LogP contribution in [0.2, 0.25) is 0 Å². The molecule has 0 spiro atoms. The van der Waals surface area contributed by atoms with E-state index < -0.39 is 0 Å². The molecule has 0 aliphatic heterocycles. The second-order valence-corrected chi connectivity index (χ2v) is 5.04. The summed E-state index contributed by atoms with van der Waals surface area (Å²) in [6, 6.07) is 5.04. The molecule has 0 saturated heterocycles. The lowest BCUT2D eigenvalue weighted by Crippen LogP contribution is -2.29. The van der Waals surface area contributed by atoms with Crippen molar-refractivity contribution >= 4 is 11.6 Å². The lowest BCUT2D eigenvalue weighted by atomic mass is 10.2. The van der Waals surface area contributed by atoms with Crippen LogP contribution in [0, 0.1) is 13.8 Å². The molecule has 0 atom stereocenters. The van der Waals surface area contributed by atoms with Gasteiger partial charge in [-0.25, -0.2) is 4.98 Å². The van der Waals surface area contributed by atoms with Crippen molar-refractivity contribution in [3.8, 4) is 11.5 Å². The van der Waals surface area contributed by atoms with Gasteiger partial charge in [0.1, 0.15) is 18.0 Å². The zero-order valence-corrected chi connectivity index (χ0v) is 13.5. The molecule has 0 fully saturated rings. The first-order valence-electron chi connectivity index (χ1n) is 7.00. The van der Waals surface area contributed by atoms with E-state index in [2.05, 4.69) is 10.3 Å². The van der Waals surface area contributed by atoms with E-state index in [1.165, 1.54) is 25.1 Å². The summed E-state index contributed by atoms with van der Waals surface area (Å²) in [4.78, 5) is 28.3. The highest BCUT2D eigenvalue weighted by atomic mass is 16.5. The van der Waals surface area contributed by atoms with Gasteiger partial charge in [0.25, 0.3) is 5.56 Å². The third-order valence-corrected chi connectivity index (χ3v) is 3.46. The molecule has 1 heterocycles. The van der Waals surface area contributed by atoms with Gasteiger partial charge in [-0.3, -0.25) is 14.2 Å². The molecule has 1 aromatic carbocycles. The Hall–Kier alpha value is -2.83. The summed E-state index contributed by atoms with van der Waals surface area (Å²) in [7, 11) is 3.06. The summed E-state index contributed by atoms with van der Waals surface area (Å²) >= 11 is 0. The summed E-state index contributed by atoms with van der Waals surface area (Å²) in [5, 5.41) is 2.71. The SMILES string of the molecule is COc1cc(NC(=O)Cn2cnc(C)c(C)c2=O)cc(OC)c1. The number of hydrogen-bond acceptors (Lipinski definition) is 5. The summed E-state index contributed by atoms with van der Waals surface area (Å²) in [5.74, 6) is 0.779. The van der Waals surface area contributed by atoms with Crippen LogP contribution in [0.4, 0.5) is 5.69 Å². The van der Waals surface area contributed by atoms with E-state index in [0.717, 1.165) is 0 Å². The van der Waals surface area contributed by atoms with E-state index in [4.69, 9.17) is 9.47 Å². The van der Waals surface area contributed by atoms with Crippen LogP contribution in [0.1, 0.15) is 11.3 Å². The maximum Gasteiger partial charge on any atom is 0.256 e. The van der Waals surface area contributed by atoms with Crippen molar-refractivity contribution in [2.24, 2.45) is 0 Å². The van der Waals surface area contributed by atoms with E-state index in [1.807, 2.05) is 0 Å². The zero-order valence-electron chi connectivity index (χ0n) is 13.5. The Morgan fingerprint density at radius 3 is 2.35 bits per heavy atom. The van der Waals surface area contributed by atoms with Crippen LogP contribution < -0.4 is 20.3 Å². The molecule has 0 bridgehead atoms. The maximum absolute atomic E-state index is 12.1. The zero-order chi connectivity index (χ0) is 17.0. The molecule has 0 radical (unpaired) electrons. The number of aryl methyl sites for hydroxylation is 1. The van der Waals surface area contributed by atoms with E-state index >= 15 is 0 Å². The fourth-order valence-corrected chi connectivity index (χ4v) is 2.02. The maximum atomic E-state index is 12.1. The van der Waals surface area contributed by atoms with Gasteiger partial charge in [-0.1, -0.05) is 0 Å². The van der Waals surface area contributed by atoms with E-state index in [-0.39, 0.29) is 18.0 Å². The van der Waals surface area contributed by atoms with Crippen molar-refractivity contribution in [3.63, 3.8) is 0 Å². The number of carbonyl (C=O) groups excluding carboxylic acids is 1. The molecule has 7 heteroatoms. The Morgan fingerprint density at radius 2 is 1.78 bits per heavy atom. The minimum absolute atomic E-state index is 0.119. The van der Waals surface area contributed by atoms with Gasteiger partial charge >= 0.3 is 0 Å². The monoisotopic (exact) mass is 317 g/mol. The molecule has 1 amide bonds. The number of amides is 1. The molecular weight excluding hydrogens is 298 g/mol. The highest BCUT2D eigenvalue weighted by molar-refractivity contribution is 5.91. The van der Waals surface area contributed by atoms with Gasteiger partial charge in [0, 0.05) is 35.1 Å². The van der Waals surface area contributed by atoms with Crippen LogP contribution in [0.3, 0.4) is 0 Å². The summed E-state index contributed by atoms with van der Waals surface area (Å²) < 4.78 is 11.6. The van der Waals surface area contributed by atoms with Crippen molar-refractivity contribution in [1.29, 1.82) is 0 Å². The number of anilines is 1. The summed E-state index contributed by atoms with van der Waals surface area (Å²) in [6.45, 7) is 3.32. The molecule has 1 N–H and O–H groups in total. The third-order valence-electron chi connectivity index (χ3n) is 3.46. The number of rotatable bonds is 5. The molecule has 2 rings (SSSR count). The van der Waals surface area contributed by atoms with Crippen molar-refractivity contribution < 1.29 is 14.3 Å². The standard InChI is InChI=1S/C16H19N3O4/c1-10-11(2)17-9-19(16(10)21)8-15(20)18-12-5-13(22-3)7-14(6-12)23-4/h5-7,9H,8H2,1-4H3,(H,18,20). The van der Waals surface area contributed by atoms with Gasteiger partial charge in [0.15, 0.2) is 0 Å². The number of methoxy groups -OCH3 is 2. The number of benzene rings is 1. The van der Waals surface area contributed by atoms with E-state index in [9.17, 15) is 9.59 Å². The number of aromatic nitrogens is 2. The minimum atomic E-state index is -0.340. The van der Waals surface area contributed by atoms with Crippen LogP contribution in [-0.4, -0.2) is 29.7 Å². The predicted octanol–water partition coefficient (Wildman–Crippen LogP) is 1.52. The van der Waals surface area contributed by atoms with Gasteiger partial charge in [-0.15, -0.1) is 0 Å². The third kappa shape index (κ3) is 3.88. The lowest BCUT2D eigenvalue weighted by Gasteiger charge is -2.11. The molecule has 0 unspecified atom stereocenters. The predicted molar refractivity (Wildman–Crippen MR) is 86.1 cm³/mol. The Morgan fingerprint density at radius 1 is 1.17 bits per heavy atom. The molecule has 1 aromatic heterocycles. The number of nitrogens with one attached hydrogen (secondary N) is 1. The largest absolute Gasteiger partial charge is 0.497 e. The quantitative estimate of drug-likeness (QED) is 0.904. The fraction of sp³-hybridized carbons (Fsp3) is 0.312. The van der Waals surface area contributed by atoms with Crippen LogP contribution in [0.15, 0.2) is 29.3 Å². The Kier molecular flexibility index (Phi) is 5.00. The Labute approximate surface area is 133 Å². The van der Waals surface area contributed by atoms with Crippen LogP contribution in [0.5, 0.6) is 11.5 Å². The first-order valence-corrected chi connectivity index (χ1v) is 7.00. The second-order valence-electron chi connectivity index (χ2n) is 5.04. The number of nitrogens with zero attached hydrogens (tertiary/aromatic N) is 2. The topological polar surface area (TPSA) is 82.5 Å². The second kappa shape index (κ2) is 6.95. The first kappa shape index (κ1) is 16.5. The van der Waals surface area contributed by atoms with Crippen LogP contribution >= 0.6 is 0 Å². The van der Waals surface area contributed by atoms with Crippen molar-refractivity contribution in [3.05, 3.63) is 46.1 Å². The van der Waals surface area contributed by atoms with Gasteiger partial charge in [-0.2, -0.15) is 0 Å². The molecule has 0 aliphatic rings. The molecule has 0 saturated carbocycles. The average molecular weight is 317 g/mol.